The predicted molar refractivity (Wildman–Crippen MR) is 122 cm³/mol. The van der Waals surface area contributed by atoms with E-state index in [-0.39, 0.29) is 16.3 Å². The molecule has 0 radical (unpaired) electrons. The molecule has 5 heteroatoms. The highest BCUT2D eigenvalue weighted by Gasteiger charge is 2.13. The molecule has 0 fully saturated rings. The number of unbranched alkanes of at least 4 members (excludes halogenated alkanes) is 1. The van der Waals surface area contributed by atoms with E-state index < -0.39 is 23.3 Å². The zero-order valence-electron chi connectivity index (χ0n) is 17.9. The van der Waals surface area contributed by atoms with Crippen LogP contribution in [0.3, 0.4) is 0 Å². The van der Waals surface area contributed by atoms with E-state index in [1.54, 1.807) is 12.1 Å². The summed E-state index contributed by atoms with van der Waals surface area (Å²) in [4.78, 5) is 0. The van der Waals surface area contributed by atoms with Gasteiger partial charge in [-0.3, -0.25) is 0 Å². The summed E-state index contributed by atoms with van der Waals surface area (Å²) >= 11 is 0. The Morgan fingerprint density at radius 3 is 2.21 bits per heavy atom. The second-order valence-electron chi connectivity index (χ2n) is 7.59. The molecule has 0 saturated heterocycles. The van der Waals surface area contributed by atoms with E-state index in [9.17, 15) is 17.6 Å². The van der Waals surface area contributed by atoms with Gasteiger partial charge < -0.3 is 4.74 Å². The van der Waals surface area contributed by atoms with Gasteiger partial charge in [0.2, 0.25) is 0 Å². The van der Waals surface area contributed by atoms with Crippen LogP contribution in [-0.4, -0.2) is 6.61 Å². The van der Waals surface area contributed by atoms with E-state index in [4.69, 9.17) is 4.74 Å². The molecule has 0 heterocycles. The molecule has 33 heavy (non-hydrogen) atoms. The zero-order valence-corrected chi connectivity index (χ0v) is 17.9. The summed E-state index contributed by atoms with van der Waals surface area (Å²) in [5.74, 6) is 1.80. The highest BCUT2D eigenvalue weighted by molar-refractivity contribution is 5.84. The van der Waals surface area contributed by atoms with E-state index >= 15 is 0 Å². The number of hydrogen-bond donors (Lipinski definition) is 0. The van der Waals surface area contributed by atoms with Crippen molar-refractivity contribution in [1.82, 2.24) is 0 Å². The van der Waals surface area contributed by atoms with Gasteiger partial charge in [0.15, 0.2) is 17.5 Å². The number of halogens is 4. The van der Waals surface area contributed by atoms with Crippen molar-refractivity contribution in [2.24, 2.45) is 0 Å². The van der Waals surface area contributed by atoms with Gasteiger partial charge in [0, 0.05) is 10.9 Å². The Kier molecular flexibility index (Phi) is 6.65. The summed E-state index contributed by atoms with van der Waals surface area (Å²) in [6, 6.07) is 17.4. The number of fused-ring (bicyclic) bond motifs is 1. The molecule has 1 nitrogen and oxygen atoms in total. The van der Waals surface area contributed by atoms with Crippen LogP contribution in [0.25, 0.3) is 21.9 Å². The van der Waals surface area contributed by atoms with Crippen LogP contribution in [0.5, 0.6) is 5.75 Å². The van der Waals surface area contributed by atoms with Gasteiger partial charge >= 0.3 is 0 Å². The van der Waals surface area contributed by atoms with Crippen LogP contribution in [0, 0.1) is 35.1 Å². The van der Waals surface area contributed by atoms with Crippen LogP contribution in [0.1, 0.15) is 30.9 Å². The minimum Gasteiger partial charge on any atom is -0.494 e. The van der Waals surface area contributed by atoms with Crippen LogP contribution in [0.4, 0.5) is 17.6 Å². The Morgan fingerprint density at radius 2 is 1.48 bits per heavy atom. The molecular weight excluding hydrogens is 428 g/mol. The van der Waals surface area contributed by atoms with Crippen LogP contribution >= 0.6 is 0 Å². The molecule has 0 amide bonds. The second kappa shape index (κ2) is 9.79. The van der Waals surface area contributed by atoms with E-state index in [2.05, 4.69) is 18.8 Å². The van der Waals surface area contributed by atoms with E-state index in [0.717, 1.165) is 30.2 Å². The van der Waals surface area contributed by atoms with E-state index in [1.807, 2.05) is 24.3 Å². The molecule has 4 rings (SSSR count). The average Bonchev–Trinajstić information content (AvgIpc) is 2.82. The van der Waals surface area contributed by atoms with Crippen molar-refractivity contribution in [3.8, 4) is 28.7 Å². The topological polar surface area (TPSA) is 9.23 Å². The SMILES string of the molecule is CCCCOc1ccc(-c2ccc(C#Cc3ccc4c(F)c(F)c(F)cc4c3)c(F)c2)cc1. The molecule has 4 aromatic carbocycles. The monoisotopic (exact) mass is 448 g/mol. The number of benzene rings is 4. The fourth-order valence-corrected chi connectivity index (χ4v) is 3.40. The lowest BCUT2D eigenvalue weighted by Gasteiger charge is -2.07. The van der Waals surface area contributed by atoms with Gasteiger partial charge in [-0.05, 0) is 65.4 Å². The fourth-order valence-electron chi connectivity index (χ4n) is 3.40. The van der Waals surface area contributed by atoms with Crippen molar-refractivity contribution < 1.29 is 22.3 Å². The van der Waals surface area contributed by atoms with Crippen LogP contribution < -0.4 is 4.74 Å². The molecule has 0 atom stereocenters. The lowest BCUT2D eigenvalue weighted by atomic mass is 10.0. The summed E-state index contributed by atoms with van der Waals surface area (Å²) in [6.07, 6.45) is 2.05. The van der Waals surface area contributed by atoms with Crippen LogP contribution in [-0.2, 0) is 0 Å². The van der Waals surface area contributed by atoms with Crippen molar-refractivity contribution in [3.05, 3.63) is 101 Å². The zero-order chi connectivity index (χ0) is 23.4. The first kappa shape index (κ1) is 22.4. The molecule has 0 aromatic heterocycles. The van der Waals surface area contributed by atoms with Crippen molar-refractivity contribution in [1.29, 1.82) is 0 Å². The molecule has 166 valence electrons. The Balaban J connectivity index is 1.54. The van der Waals surface area contributed by atoms with Gasteiger partial charge in [-0.2, -0.15) is 0 Å². The van der Waals surface area contributed by atoms with Gasteiger partial charge in [0.25, 0.3) is 0 Å². The fraction of sp³-hybridized carbons (Fsp3) is 0.143. The lowest BCUT2D eigenvalue weighted by Crippen LogP contribution is -1.96. The van der Waals surface area contributed by atoms with E-state index in [0.29, 0.717) is 17.7 Å². The molecule has 0 N–H and O–H groups in total. The predicted octanol–water partition coefficient (Wildman–Crippen LogP) is 7.64. The molecule has 0 aliphatic rings. The second-order valence-corrected chi connectivity index (χ2v) is 7.59. The first-order valence-corrected chi connectivity index (χ1v) is 10.6. The van der Waals surface area contributed by atoms with Gasteiger partial charge in [-0.15, -0.1) is 0 Å². The summed E-state index contributed by atoms with van der Waals surface area (Å²) in [5, 5.41) is 0.132. The Bertz CT molecular complexity index is 1370. The van der Waals surface area contributed by atoms with E-state index in [1.165, 1.54) is 24.3 Å². The van der Waals surface area contributed by atoms with Crippen molar-refractivity contribution in [3.63, 3.8) is 0 Å². The molecular formula is C28H20F4O. The first-order chi connectivity index (χ1) is 16.0. The highest BCUT2D eigenvalue weighted by atomic mass is 19.2. The third-order valence-electron chi connectivity index (χ3n) is 5.24. The minimum absolute atomic E-state index is 0.0447. The molecule has 0 saturated carbocycles. The van der Waals surface area contributed by atoms with Gasteiger partial charge in [0.05, 0.1) is 12.2 Å². The van der Waals surface area contributed by atoms with Crippen molar-refractivity contribution in [2.45, 2.75) is 19.8 Å². The number of hydrogen-bond acceptors (Lipinski definition) is 1. The van der Waals surface area contributed by atoms with Gasteiger partial charge in [0.1, 0.15) is 11.6 Å². The number of rotatable bonds is 5. The minimum atomic E-state index is -1.51. The Hall–Kier alpha value is -3.78. The third kappa shape index (κ3) is 5.01. The van der Waals surface area contributed by atoms with Crippen LogP contribution in [0.15, 0.2) is 66.7 Å². The Morgan fingerprint density at radius 1 is 0.727 bits per heavy atom. The largest absolute Gasteiger partial charge is 0.494 e. The van der Waals surface area contributed by atoms with Gasteiger partial charge in [-0.25, -0.2) is 17.6 Å². The molecule has 0 unspecified atom stereocenters. The maximum absolute atomic E-state index is 14.7. The highest BCUT2D eigenvalue weighted by Crippen LogP contribution is 2.26. The third-order valence-corrected chi connectivity index (χ3v) is 5.24. The first-order valence-electron chi connectivity index (χ1n) is 10.6. The Labute approximate surface area is 189 Å². The van der Waals surface area contributed by atoms with Crippen molar-refractivity contribution >= 4 is 10.8 Å². The quantitative estimate of drug-likeness (QED) is 0.132. The average molecular weight is 448 g/mol. The summed E-state index contributed by atoms with van der Waals surface area (Å²) in [7, 11) is 0. The maximum Gasteiger partial charge on any atom is 0.195 e. The molecule has 0 aliphatic heterocycles. The molecule has 0 aliphatic carbocycles. The lowest BCUT2D eigenvalue weighted by molar-refractivity contribution is 0.309. The molecule has 0 spiro atoms. The maximum atomic E-state index is 14.7. The number of ether oxygens (including phenoxy) is 1. The standard InChI is InChI=1S/C28H20F4O/c1-2-3-14-33-23-11-9-19(10-12-23)21-8-7-20(25(29)16-21)6-4-18-5-13-24-22(15-18)17-26(30)28(32)27(24)31/h5,7-13,15-17H,2-3,14H2,1H3. The van der Waals surface area contributed by atoms with Crippen LogP contribution in [0.2, 0.25) is 0 Å². The smallest absolute Gasteiger partial charge is 0.195 e. The van der Waals surface area contributed by atoms with Gasteiger partial charge in [-0.1, -0.05) is 49.5 Å². The molecule has 0 bridgehead atoms. The van der Waals surface area contributed by atoms with Crippen molar-refractivity contribution in [2.75, 3.05) is 6.61 Å². The normalized spacial score (nSPS) is 10.7. The molecule has 4 aromatic rings. The summed E-state index contributed by atoms with van der Waals surface area (Å²) in [5.41, 5.74) is 2.17. The summed E-state index contributed by atoms with van der Waals surface area (Å²) in [6.45, 7) is 2.76. The summed E-state index contributed by atoms with van der Waals surface area (Å²) < 4.78 is 61.1.